The largest absolute Gasteiger partial charge is 0.343 e. The second kappa shape index (κ2) is 7.12. The molecule has 0 aliphatic heterocycles. The topological polar surface area (TPSA) is 122 Å². The van der Waals surface area contributed by atoms with Crippen molar-refractivity contribution in [2.24, 2.45) is 0 Å². The Labute approximate surface area is 151 Å². The highest BCUT2D eigenvalue weighted by Crippen LogP contribution is 2.21. The molecule has 0 radical (unpaired) electrons. The van der Waals surface area contributed by atoms with Crippen LogP contribution in [0.5, 0.6) is 0 Å². The lowest BCUT2D eigenvalue weighted by molar-refractivity contribution is 0.0947. The van der Waals surface area contributed by atoms with Gasteiger partial charge in [0.1, 0.15) is 5.82 Å². The predicted octanol–water partition coefficient (Wildman–Crippen LogP) is 1.99. The highest BCUT2D eigenvalue weighted by Gasteiger charge is 2.17. The van der Waals surface area contributed by atoms with Gasteiger partial charge in [0.15, 0.2) is 0 Å². The van der Waals surface area contributed by atoms with Gasteiger partial charge in [-0.2, -0.15) is 10.1 Å². The average Bonchev–Trinajstić information content (AvgIpc) is 3.36. The maximum absolute atomic E-state index is 13.4. The third-order valence-electron chi connectivity index (χ3n) is 3.63. The van der Waals surface area contributed by atoms with E-state index < -0.39 is 11.7 Å². The molecule has 0 aliphatic rings. The Morgan fingerprint density at radius 1 is 1.19 bits per heavy atom. The molecule has 4 rings (SSSR count). The van der Waals surface area contributed by atoms with Gasteiger partial charge in [0.25, 0.3) is 5.91 Å². The van der Waals surface area contributed by atoms with Crippen LogP contribution in [0.4, 0.5) is 4.39 Å². The van der Waals surface area contributed by atoms with Crippen LogP contribution in [-0.2, 0) is 6.54 Å². The van der Waals surface area contributed by atoms with Crippen molar-refractivity contribution in [3.8, 4) is 22.9 Å². The normalized spacial score (nSPS) is 10.7. The molecule has 0 fully saturated rings. The number of H-pyrrole nitrogens is 1. The summed E-state index contributed by atoms with van der Waals surface area (Å²) in [5.41, 5.74) is 1.20. The Morgan fingerprint density at radius 3 is 2.85 bits per heavy atom. The Hall–Kier alpha value is -3.95. The van der Waals surface area contributed by atoms with Crippen molar-refractivity contribution < 1.29 is 13.7 Å². The van der Waals surface area contributed by atoms with E-state index >= 15 is 0 Å². The van der Waals surface area contributed by atoms with Crippen LogP contribution in [0.3, 0.4) is 0 Å². The lowest BCUT2D eigenvalue weighted by Gasteiger charge is -2.04. The molecule has 0 saturated carbocycles. The Morgan fingerprint density at radius 2 is 2.04 bits per heavy atom. The van der Waals surface area contributed by atoms with Crippen molar-refractivity contribution >= 4 is 5.91 Å². The molecule has 10 heteroatoms. The van der Waals surface area contributed by atoms with E-state index in [4.69, 9.17) is 4.52 Å². The minimum Gasteiger partial charge on any atom is -0.343 e. The SMILES string of the molecule is O=C(NCc1nc(-c2ncccn2)no1)c1cn[nH]c1-c1cccc(F)c1. The first-order valence-electron chi connectivity index (χ1n) is 7.88. The van der Waals surface area contributed by atoms with Crippen LogP contribution < -0.4 is 5.32 Å². The van der Waals surface area contributed by atoms with Gasteiger partial charge >= 0.3 is 0 Å². The number of hydrogen-bond donors (Lipinski definition) is 2. The lowest BCUT2D eigenvalue weighted by Crippen LogP contribution is -2.23. The Balaban J connectivity index is 1.47. The first-order valence-corrected chi connectivity index (χ1v) is 7.88. The second-order valence-corrected chi connectivity index (χ2v) is 5.44. The number of halogens is 1. The van der Waals surface area contributed by atoms with Crippen LogP contribution in [-0.4, -0.2) is 36.2 Å². The molecule has 0 bridgehead atoms. The van der Waals surface area contributed by atoms with E-state index in [9.17, 15) is 9.18 Å². The summed E-state index contributed by atoms with van der Waals surface area (Å²) in [6, 6.07) is 7.54. The van der Waals surface area contributed by atoms with Crippen molar-refractivity contribution in [2.75, 3.05) is 0 Å². The number of nitrogens with zero attached hydrogens (tertiary/aromatic N) is 5. The minimum atomic E-state index is -0.418. The van der Waals surface area contributed by atoms with Gasteiger partial charge in [-0.05, 0) is 18.2 Å². The first kappa shape index (κ1) is 16.5. The van der Waals surface area contributed by atoms with Gasteiger partial charge in [0.05, 0.1) is 24.0 Å². The monoisotopic (exact) mass is 365 g/mol. The number of rotatable bonds is 5. The Bertz CT molecular complexity index is 1080. The van der Waals surface area contributed by atoms with Gasteiger partial charge < -0.3 is 9.84 Å². The molecular formula is C17H12FN7O2. The number of amides is 1. The molecule has 2 N–H and O–H groups in total. The summed E-state index contributed by atoms with van der Waals surface area (Å²) in [4.78, 5) is 24.6. The molecule has 3 heterocycles. The minimum absolute atomic E-state index is 0.00639. The Kier molecular flexibility index (Phi) is 4.35. The molecule has 134 valence electrons. The van der Waals surface area contributed by atoms with Gasteiger partial charge in [-0.3, -0.25) is 9.89 Å². The lowest BCUT2D eigenvalue weighted by atomic mass is 10.1. The summed E-state index contributed by atoms with van der Waals surface area (Å²) >= 11 is 0. The molecule has 0 unspecified atom stereocenters. The van der Waals surface area contributed by atoms with Crippen molar-refractivity contribution in [1.29, 1.82) is 0 Å². The van der Waals surface area contributed by atoms with Gasteiger partial charge in [-0.1, -0.05) is 17.3 Å². The van der Waals surface area contributed by atoms with E-state index in [1.807, 2.05) is 0 Å². The molecule has 0 spiro atoms. The van der Waals surface area contributed by atoms with Crippen LogP contribution >= 0.6 is 0 Å². The van der Waals surface area contributed by atoms with E-state index in [0.29, 0.717) is 17.1 Å². The van der Waals surface area contributed by atoms with Crippen molar-refractivity contribution in [3.63, 3.8) is 0 Å². The molecular weight excluding hydrogens is 353 g/mol. The molecule has 0 aliphatic carbocycles. The van der Waals surface area contributed by atoms with E-state index in [-0.39, 0.29) is 23.8 Å². The zero-order valence-electron chi connectivity index (χ0n) is 13.8. The smallest absolute Gasteiger partial charge is 0.255 e. The van der Waals surface area contributed by atoms with Crippen molar-refractivity contribution in [3.05, 3.63) is 66.2 Å². The average molecular weight is 365 g/mol. The highest BCUT2D eigenvalue weighted by molar-refractivity contribution is 5.99. The van der Waals surface area contributed by atoms with Gasteiger partial charge in [0, 0.05) is 18.0 Å². The molecule has 4 aromatic rings. The number of aromatic amines is 1. The van der Waals surface area contributed by atoms with E-state index in [1.165, 1.54) is 18.3 Å². The predicted molar refractivity (Wildman–Crippen MR) is 90.5 cm³/mol. The fourth-order valence-electron chi connectivity index (χ4n) is 2.41. The van der Waals surface area contributed by atoms with E-state index in [1.54, 1.807) is 30.6 Å². The third-order valence-corrected chi connectivity index (χ3v) is 3.63. The fourth-order valence-corrected chi connectivity index (χ4v) is 2.41. The number of nitrogens with one attached hydrogen (secondary N) is 2. The summed E-state index contributed by atoms with van der Waals surface area (Å²) in [5, 5.41) is 13.0. The number of aromatic nitrogens is 6. The number of benzene rings is 1. The quantitative estimate of drug-likeness (QED) is 0.554. The third kappa shape index (κ3) is 3.54. The first-order chi connectivity index (χ1) is 13.2. The molecule has 27 heavy (non-hydrogen) atoms. The van der Waals surface area contributed by atoms with Crippen LogP contribution in [0, 0.1) is 5.82 Å². The fraction of sp³-hybridized carbons (Fsp3) is 0.0588. The van der Waals surface area contributed by atoms with E-state index in [0.717, 1.165) is 0 Å². The highest BCUT2D eigenvalue weighted by atomic mass is 19.1. The van der Waals surface area contributed by atoms with Crippen LogP contribution in [0.1, 0.15) is 16.2 Å². The van der Waals surface area contributed by atoms with Crippen LogP contribution in [0.2, 0.25) is 0 Å². The standard InChI is InChI=1S/C17H12FN7O2/c18-11-4-1-3-10(7-11)14-12(8-22-24-14)17(26)21-9-13-23-16(25-27-13)15-19-5-2-6-20-15/h1-8H,9H2,(H,21,26)(H,22,24). The molecule has 0 atom stereocenters. The number of carbonyl (C=O) groups is 1. The van der Waals surface area contributed by atoms with Crippen molar-refractivity contribution in [2.45, 2.75) is 6.54 Å². The van der Waals surface area contributed by atoms with Crippen molar-refractivity contribution in [1.82, 2.24) is 35.6 Å². The molecule has 3 aromatic heterocycles. The maximum atomic E-state index is 13.4. The summed E-state index contributed by atoms with van der Waals surface area (Å²) in [5.74, 6) is -0.0824. The zero-order valence-corrected chi connectivity index (χ0v) is 13.8. The summed E-state index contributed by atoms with van der Waals surface area (Å²) in [6.45, 7) is 0.00639. The number of carbonyl (C=O) groups excluding carboxylic acids is 1. The summed E-state index contributed by atoms with van der Waals surface area (Å²) in [6.07, 6.45) is 4.49. The van der Waals surface area contributed by atoms with Crippen LogP contribution in [0.25, 0.3) is 22.9 Å². The number of hydrogen-bond acceptors (Lipinski definition) is 7. The molecule has 1 aromatic carbocycles. The summed E-state index contributed by atoms with van der Waals surface area (Å²) < 4.78 is 18.5. The van der Waals surface area contributed by atoms with Gasteiger partial charge in [0.2, 0.25) is 17.5 Å². The van der Waals surface area contributed by atoms with Crippen LogP contribution in [0.15, 0.2) is 53.4 Å². The molecule has 0 saturated heterocycles. The van der Waals surface area contributed by atoms with Gasteiger partial charge in [-0.15, -0.1) is 0 Å². The van der Waals surface area contributed by atoms with Gasteiger partial charge in [-0.25, -0.2) is 14.4 Å². The second-order valence-electron chi connectivity index (χ2n) is 5.44. The maximum Gasteiger partial charge on any atom is 0.255 e. The zero-order chi connectivity index (χ0) is 18.6. The van der Waals surface area contributed by atoms with E-state index in [2.05, 4.69) is 35.6 Å². The summed E-state index contributed by atoms with van der Waals surface area (Å²) in [7, 11) is 0. The molecule has 9 nitrogen and oxygen atoms in total. The molecule has 1 amide bonds.